The molecule has 0 unspecified atom stereocenters. The smallest absolute Gasteiger partial charge is 0.234 e. The molecule has 7 nitrogen and oxygen atoms in total. The molecule has 3 aromatic heterocycles. The summed E-state index contributed by atoms with van der Waals surface area (Å²) in [7, 11) is 1.57. The van der Waals surface area contributed by atoms with Gasteiger partial charge in [-0.2, -0.15) is 9.61 Å². The molecule has 0 aliphatic carbocycles. The van der Waals surface area contributed by atoms with Crippen LogP contribution >= 0.6 is 23.1 Å². The average Bonchev–Trinajstić information content (AvgIpc) is 3.36. The summed E-state index contributed by atoms with van der Waals surface area (Å²) in [6.45, 7) is 0. The first-order valence-corrected chi connectivity index (χ1v) is 9.93. The van der Waals surface area contributed by atoms with Crippen molar-refractivity contribution in [1.29, 1.82) is 0 Å². The van der Waals surface area contributed by atoms with Gasteiger partial charge in [0.1, 0.15) is 10.8 Å². The summed E-state index contributed by atoms with van der Waals surface area (Å²) in [5.74, 6) is 1.42. The summed E-state index contributed by atoms with van der Waals surface area (Å²) in [6.07, 6.45) is 0. The number of hydrogen-bond donors (Lipinski definition) is 1. The number of fused-ring (bicyclic) bond motifs is 1. The van der Waals surface area contributed by atoms with Crippen molar-refractivity contribution in [3.8, 4) is 16.5 Å². The van der Waals surface area contributed by atoms with Crippen molar-refractivity contribution in [2.45, 2.75) is 5.03 Å². The number of carbonyl (C=O) groups excluding carboxylic acids is 1. The number of carbonyl (C=O) groups is 1. The van der Waals surface area contributed by atoms with Crippen molar-refractivity contribution in [2.24, 2.45) is 0 Å². The van der Waals surface area contributed by atoms with Gasteiger partial charge in [0.2, 0.25) is 5.91 Å². The van der Waals surface area contributed by atoms with E-state index in [9.17, 15) is 4.79 Å². The molecule has 0 aliphatic heterocycles. The molecule has 0 spiro atoms. The van der Waals surface area contributed by atoms with Crippen LogP contribution in [0.25, 0.3) is 16.3 Å². The predicted molar refractivity (Wildman–Crippen MR) is 106 cm³/mol. The summed E-state index contributed by atoms with van der Waals surface area (Å²) in [5, 5.41) is 18.5. The number of thiophene rings is 1. The van der Waals surface area contributed by atoms with Gasteiger partial charge < -0.3 is 10.1 Å². The van der Waals surface area contributed by atoms with Crippen LogP contribution in [0.3, 0.4) is 0 Å². The third-order valence-corrected chi connectivity index (χ3v) is 5.50. The Balaban J connectivity index is 1.47. The Bertz CT molecular complexity index is 1080. The fourth-order valence-corrected chi connectivity index (χ4v) is 3.83. The van der Waals surface area contributed by atoms with Gasteiger partial charge in [-0.3, -0.25) is 4.79 Å². The second-order valence-electron chi connectivity index (χ2n) is 5.48. The van der Waals surface area contributed by atoms with Gasteiger partial charge >= 0.3 is 0 Å². The van der Waals surface area contributed by atoms with E-state index in [1.807, 2.05) is 41.8 Å². The lowest BCUT2D eigenvalue weighted by Gasteiger charge is -2.09. The van der Waals surface area contributed by atoms with Crippen molar-refractivity contribution >= 4 is 40.3 Å². The van der Waals surface area contributed by atoms with Crippen LogP contribution in [0.15, 0.2) is 58.9 Å². The number of nitrogens with one attached hydrogen (secondary N) is 1. The van der Waals surface area contributed by atoms with E-state index in [0.717, 1.165) is 9.90 Å². The first kappa shape index (κ1) is 17.5. The minimum Gasteiger partial charge on any atom is -0.495 e. The van der Waals surface area contributed by atoms with Gasteiger partial charge in [-0.05, 0) is 35.7 Å². The van der Waals surface area contributed by atoms with E-state index < -0.39 is 0 Å². The molecule has 3 heterocycles. The molecule has 0 aliphatic rings. The molecule has 1 aromatic carbocycles. The molecule has 0 saturated heterocycles. The van der Waals surface area contributed by atoms with Gasteiger partial charge in [-0.1, -0.05) is 30.0 Å². The highest BCUT2D eigenvalue weighted by molar-refractivity contribution is 7.99. The van der Waals surface area contributed by atoms with E-state index in [1.54, 1.807) is 35.1 Å². The van der Waals surface area contributed by atoms with E-state index >= 15 is 0 Å². The molecule has 0 atom stereocenters. The predicted octanol–water partition coefficient (Wildman–Crippen LogP) is 3.59. The summed E-state index contributed by atoms with van der Waals surface area (Å²) >= 11 is 2.93. The Morgan fingerprint density at radius 3 is 2.89 bits per heavy atom. The SMILES string of the molecule is COc1ccccc1NC(=O)CSc1ccc2nnc(-c3cccs3)n2n1. The van der Waals surface area contributed by atoms with E-state index in [-0.39, 0.29) is 11.7 Å². The molecule has 136 valence electrons. The Morgan fingerprint density at radius 2 is 2.07 bits per heavy atom. The van der Waals surface area contributed by atoms with E-state index in [4.69, 9.17) is 4.74 Å². The van der Waals surface area contributed by atoms with E-state index in [2.05, 4.69) is 20.6 Å². The highest BCUT2D eigenvalue weighted by Gasteiger charge is 2.12. The fraction of sp³-hybridized carbons (Fsp3) is 0.111. The molecule has 9 heteroatoms. The standard InChI is InChI=1S/C18H15N5O2S2/c1-25-13-6-3-2-5-12(13)19-16(24)11-27-17-9-8-15-20-21-18(23(15)22-17)14-7-4-10-26-14/h2-10H,11H2,1H3,(H,19,24). The number of amides is 1. The first-order chi connectivity index (χ1) is 13.2. The van der Waals surface area contributed by atoms with Gasteiger partial charge in [0.15, 0.2) is 11.5 Å². The van der Waals surface area contributed by atoms with Crippen LogP contribution in [-0.4, -0.2) is 38.6 Å². The normalized spacial score (nSPS) is 10.9. The molecule has 1 amide bonds. The van der Waals surface area contributed by atoms with Crippen LogP contribution in [0.1, 0.15) is 0 Å². The topological polar surface area (TPSA) is 81.4 Å². The molecular weight excluding hydrogens is 382 g/mol. The largest absolute Gasteiger partial charge is 0.495 e. The highest BCUT2D eigenvalue weighted by atomic mass is 32.2. The number of benzene rings is 1. The first-order valence-electron chi connectivity index (χ1n) is 8.06. The number of nitrogens with zero attached hydrogens (tertiary/aromatic N) is 4. The minimum atomic E-state index is -0.131. The van der Waals surface area contributed by atoms with Crippen LogP contribution in [0.4, 0.5) is 5.69 Å². The zero-order chi connectivity index (χ0) is 18.6. The molecule has 27 heavy (non-hydrogen) atoms. The molecule has 4 rings (SSSR count). The fourth-order valence-electron chi connectivity index (χ4n) is 2.48. The number of para-hydroxylation sites is 2. The van der Waals surface area contributed by atoms with Crippen molar-refractivity contribution < 1.29 is 9.53 Å². The lowest BCUT2D eigenvalue weighted by atomic mass is 10.3. The van der Waals surface area contributed by atoms with Crippen molar-refractivity contribution in [3.05, 3.63) is 53.9 Å². The molecule has 4 aromatic rings. The zero-order valence-corrected chi connectivity index (χ0v) is 16.0. The van der Waals surface area contributed by atoms with Gasteiger partial charge in [0, 0.05) is 0 Å². The van der Waals surface area contributed by atoms with Crippen LogP contribution in [0.2, 0.25) is 0 Å². The van der Waals surface area contributed by atoms with Gasteiger partial charge in [0.25, 0.3) is 0 Å². The summed E-state index contributed by atoms with van der Waals surface area (Å²) < 4.78 is 6.95. The quantitative estimate of drug-likeness (QED) is 0.501. The lowest BCUT2D eigenvalue weighted by Crippen LogP contribution is -2.14. The Hall–Kier alpha value is -2.91. The summed E-state index contributed by atoms with van der Waals surface area (Å²) in [5.41, 5.74) is 1.31. The third kappa shape index (κ3) is 3.79. The van der Waals surface area contributed by atoms with Gasteiger partial charge in [-0.15, -0.1) is 21.5 Å². The monoisotopic (exact) mass is 397 g/mol. The molecule has 0 fully saturated rings. The second-order valence-corrected chi connectivity index (χ2v) is 7.42. The van der Waals surface area contributed by atoms with Gasteiger partial charge in [-0.25, -0.2) is 0 Å². The van der Waals surface area contributed by atoms with Crippen LogP contribution in [-0.2, 0) is 4.79 Å². The maximum absolute atomic E-state index is 12.3. The molecule has 1 N–H and O–H groups in total. The molecule has 0 saturated carbocycles. The molecule has 0 radical (unpaired) electrons. The van der Waals surface area contributed by atoms with Crippen LogP contribution in [0, 0.1) is 0 Å². The average molecular weight is 397 g/mol. The second kappa shape index (κ2) is 7.77. The molecular formula is C18H15N5O2S2. The zero-order valence-electron chi connectivity index (χ0n) is 14.3. The highest BCUT2D eigenvalue weighted by Crippen LogP contribution is 2.25. The number of anilines is 1. The Morgan fingerprint density at radius 1 is 1.19 bits per heavy atom. The van der Waals surface area contributed by atoms with Crippen molar-refractivity contribution in [2.75, 3.05) is 18.2 Å². The van der Waals surface area contributed by atoms with Crippen LogP contribution in [0.5, 0.6) is 5.75 Å². The maximum Gasteiger partial charge on any atom is 0.234 e. The molecule has 0 bridgehead atoms. The number of ether oxygens (including phenoxy) is 1. The Labute approximate surface area is 163 Å². The number of hydrogen-bond acceptors (Lipinski definition) is 7. The number of methoxy groups -OCH3 is 1. The van der Waals surface area contributed by atoms with Gasteiger partial charge in [0.05, 0.1) is 23.4 Å². The number of aromatic nitrogens is 4. The van der Waals surface area contributed by atoms with E-state index in [0.29, 0.717) is 22.9 Å². The summed E-state index contributed by atoms with van der Waals surface area (Å²) in [6, 6.07) is 14.9. The van der Waals surface area contributed by atoms with E-state index in [1.165, 1.54) is 11.8 Å². The van der Waals surface area contributed by atoms with Crippen LogP contribution < -0.4 is 10.1 Å². The number of thioether (sulfide) groups is 1. The number of rotatable bonds is 6. The summed E-state index contributed by atoms with van der Waals surface area (Å²) in [4.78, 5) is 13.3. The van der Waals surface area contributed by atoms with Crippen molar-refractivity contribution in [1.82, 2.24) is 19.8 Å². The maximum atomic E-state index is 12.3. The third-order valence-electron chi connectivity index (χ3n) is 3.71. The lowest BCUT2D eigenvalue weighted by molar-refractivity contribution is -0.113. The minimum absolute atomic E-state index is 0.131. The van der Waals surface area contributed by atoms with Crippen molar-refractivity contribution in [3.63, 3.8) is 0 Å². The Kier molecular flexibility index (Phi) is 5.03.